The Bertz CT molecular complexity index is 2040. The number of hydrogen-bond donors (Lipinski definition) is 4. The van der Waals surface area contributed by atoms with Crippen molar-refractivity contribution in [1.82, 2.24) is 19.5 Å². The molecule has 54 heavy (non-hydrogen) atoms. The number of aliphatic hydroxyl groups excluding tert-OH is 1. The molecule has 5 aromatic rings. The molecule has 6 rings (SSSR count). The number of carbonyl (C=O) groups is 2. The SMILES string of the molecule is COc1ccc(C(OC[C@H]2O[C@@H](n3cnc4c(NC(=O)C(C)C)nc(NC(=O)C(C)C)nc43)[C@](C)(O)[C@@H]2O)(c2ccccc2)c2ccc(OC)cc2)cc1. The number of methoxy groups -OCH3 is 2. The molecule has 1 aliphatic heterocycles. The summed E-state index contributed by atoms with van der Waals surface area (Å²) < 4.78 is 25.8. The second-order valence-electron chi connectivity index (χ2n) is 14.0. The number of hydrogen-bond acceptors (Lipinski definition) is 11. The number of benzene rings is 3. The second kappa shape index (κ2) is 15.5. The molecule has 0 spiro atoms. The summed E-state index contributed by atoms with van der Waals surface area (Å²) in [6.45, 7) is 8.20. The predicted octanol–water partition coefficient (Wildman–Crippen LogP) is 5.05. The van der Waals surface area contributed by atoms with E-state index in [1.165, 1.54) is 17.8 Å². The van der Waals surface area contributed by atoms with E-state index in [4.69, 9.17) is 18.9 Å². The van der Waals surface area contributed by atoms with Crippen LogP contribution in [0.4, 0.5) is 11.8 Å². The van der Waals surface area contributed by atoms with Gasteiger partial charge in [0.2, 0.25) is 17.8 Å². The molecule has 0 aliphatic carbocycles. The van der Waals surface area contributed by atoms with E-state index in [-0.39, 0.29) is 53.2 Å². The minimum atomic E-state index is -1.88. The van der Waals surface area contributed by atoms with Crippen LogP contribution in [0, 0.1) is 11.8 Å². The number of rotatable bonds is 13. The molecular formula is C40H46N6O8. The summed E-state index contributed by atoms with van der Waals surface area (Å²) in [4.78, 5) is 38.8. The minimum Gasteiger partial charge on any atom is -0.497 e. The van der Waals surface area contributed by atoms with E-state index in [1.807, 2.05) is 78.9 Å². The lowest BCUT2D eigenvalue weighted by Gasteiger charge is -2.37. The van der Waals surface area contributed by atoms with E-state index in [0.717, 1.165) is 16.7 Å². The largest absolute Gasteiger partial charge is 0.497 e. The Balaban J connectivity index is 1.40. The van der Waals surface area contributed by atoms with Crippen molar-refractivity contribution in [2.24, 2.45) is 11.8 Å². The molecule has 1 fully saturated rings. The summed E-state index contributed by atoms with van der Waals surface area (Å²) in [6, 6.07) is 24.8. The van der Waals surface area contributed by atoms with Gasteiger partial charge in [0, 0.05) is 11.8 Å². The molecule has 0 saturated carbocycles. The van der Waals surface area contributed by atoms with Gasteiger partial charge in [-0.05, 0) is 47.9 Å². The van der Waals surface area contributed by atoms with Crippen LogP contribution in [0.2, 0.25) is 0 Å². The molecule has 0 bridgehead atoms. The van der Waals surface area contributed by atoms with Gasteiger partial charge in [-0.2, -0.15) is 9.97 Å². The zero-order valence-corrected chi connectivity index (χ0v) is 31.3. The third-order valence-corrected chi connectivity index (χ3v) is 9.59. The number of aromatic nitrogens is 4. The molecule has 2 aromatic heterocycles. The van der Waals surface area contributed by atoms with Gasteiger partial charge in [-0.15, -0.1) is 0 Å². The lowest BCUT2D eigenvalue weighted by atomic mass is 9.80. The number of nitrogens with zero attached hydrogens (tertiary/aromatic N) is 4. The van der Waals surface area contributed by atoms with E-state index in [0.29, 0.717) is 11.5 Å². The van der Waals surface area contributed by atoms with E-state index in [1.54, 1.807) is 41.9 Å². The maximum absolute atomic E-state index is 12.8. The van der Waals surface area contributed by atoms with Gasteiger partial charge in [-0.1, -0.05) is 82.3 Å². The van der Waals surface area contributed by atoms with Crippen molar-refractivity contribution in [2.45, 2.75) is 64.3 Å². The smallest absolute Gasteiger partial charge is 0.233 e. The monoisotopic (exact) mass is 738 g/mol. The highest BCUT2D eigenvalue weighted by Crippen LogP contribution is 2.45. The fourth-order valence-electron chi connectivity index (χ4n) is 6.41. The Morgan fingerprint density at radius 1 is 0.852 bits per heavy atom. The summed E-state index contributed by atoms with van der Waals surface area (Å²) in [5.41, 5.74) is -0.390. The predicted molar refractivity (Wildman–Crippen MR) is 201 cm³/mol. The fraction of sp³-hybridized carbons (Fsp3) is 0.375. The van der Waals surface area contributed by atoms with Crippen LogP contribution < -0.4 is 20.1 Å². The summed E-state index contributed by atoms with van der Waals surface area (Å²) >= 11 is 0. The summed E-state index contributed by atoms with van der Waals surface area (Å²) in [5.74, 6) is -0.0888. The highest BCUT2D eigenvalue weighted by molar-refractivity contribution is 5.99. The van der Waals surface area contributed by atoms with Gasteiger partial charge in [0.15, 0.2) is 23.2 Å². The highest BCUT2D eigenvalue weighted by atomic mass is 16.6. The molecule has 1 aliphatic rings. The zero-order chi connectivity index (χ0) is 38.8. The van der Waals surface area contributed by atoms with Crippen LogP contribution in [0.5, 0.6) is 11.5 Å². The first kappa shape index (κ1) is 38.3. The van der Waals surface area contributed by atoms with Gasteiger partial charge >= 0.3 is 0 Å². The van der Waals surface area contributed by atoms with E-state index < -0.39 is 29.6 Å². The number of amides is 2. The fourth-order valence-corrected chi connectivity index (χ4v) is 6.41. The number of aliphatic hydroxyl groups is 2. The van der Waals surface area contributed by atoms with E-state index in [2.05, 4.69) is 25.6 Å². The van der Waals surface area contributed by atoms with Crippen molar-refractivity contribution in [3.05, 3.63) is 102 Å². The number of fused-ring (bicyclic) bond motifs is 1. The van der Waals surface area contributed by atoms with Crippen molar-refractivity contribution >= 4 is 34.7 Å². The van der Waals surface area contributed by atoms with Crippen LogP contribution in [0.1, 0.15) is 57.5 Å². The van der Waals surface area contributed by atoms with Crippen molar-refractivity contribution in [3.63, 3.8) is 0 Å². The topological polar surface area (TPSA) is 179 Å². The number of ether oxygens (including phenoxy) is 4. The molecule has 3 heterocycles. The van der Waals surface area contributed by atoms with E-state index >= 15 is 0 Å². The standard InChI is InChI=1S/C40H46N6O8/c1-23(2)35(48)42-33-31-34(44-38(43-33)45-36(49)24(3)4)46(22-41-31)37-39(5,50)32(47)30(54-37)21-53-40(25-11-9-8-10-12-25,26-13-17-28(51-6)18-14-26)27-15-19-29(52-7)20-16-27/h8-20,22-24,30,32,37,47,50H,21H2,1-7H3,(H2,42,43,44,45,48,49)/t30-,32-,37-,39-/m1/s1. The molecular weight excluding hydrogens is 692 g/mol. The molecule has 14 nitrogen and oxygen atoms in total. The normalized spacial score (nSPS) is 20.0. The number of carbonyl (C=O) groups excluding carboxylic acids is 2. The van der Waals surface area contributed by atoms with Gasteiger partial charge in [0.05, 0.1) is 27.2 Å². The average Bonchev–Trinajstić information content (AvgIpc) is 3.69. The Labute approximate surface area is 313 Å². The molecule has 0 radical (unpaired) electrons. The zero-order valence-electron chi connectivity index (χ0n) is 31.3. The molecule has 4 N–H and O–H groups in total. The molecule has 14 heteroatoms. The third-order valence-electron chi connectivity index (χ3n) is 9.59. The lowest BCUT2D eigenvalue weighted by Crippen LogP contribution is -2.45. The molecule has 0 unspecified atom stereocenters. The first-order valence-corrected chi connectivity index (χ1v) is 17.7. The van der Waals surface area contributed by atoms with Crippen molar-refractivity contribution in [1.29, 1.82) is 0 Å². The van der Waals surface area contributed by atoms with Crippen LogP contribution >= 0.6 is 0 Å². The number of anilines is 2. The third kappa shape index (κ3) is 7.25. The Morgan fingerprint density at radius 3 is 1.93 bits per heavy atom. The highest BCUT2D eigenvalue weighted by Gasteiger charge is 2.54. The summed E-state index contributed by atoms with van der Waals surface area (Å²) in [5, 5.41) is 29.0. The van der Waals surface area contributed by atoms with Crippen LogP contribution in [0.25, 0.3) is 11.2 Å². The van der Waals surface area contributed by atoms with Crippen molar-refractivity contribution in [2.75, 3.05) is 31.5 Å². The molecule has 2 amide bonds. The summed E-state index contributed by atoms with van der Waals surface area (Å²) in [7, 11) is 3.20. The molecule has 1 saturated heterocycles. The van der Waals surface area contributed by atoms with Crippen molar-refractivity contribution < 1.29 is 38.7 Å². The van der Waals surface area contributed by atoms with Gasteiger partial charge in [-0.3, -0.25) is 19.5 Å². The summed E-state index contributed by atoms with van der Waals surface area (Å²) in [6.07, 6.45) is -2.33. The Hall–Kier alpha value is -5.41. The maximum atomic E-state index is 12.8. The maximum Gasteiger partial charge on any atom is 0.233 e. The number of nitrogens with one attached hydrogen (secondary N) is 2. The minimum absolute atomic E-state index is 0.0706. The Kier molecular flexibility index (Phi) is 11.0. The lowest BCUT2D eigenvalue weighted by molar-refractivity contribution is -0.119. The molecule has 3 aromatic carbocycles. The van der Waals surface area contributed by atoms with Crippen LogP contribution in [-0.2, 0) is 24.7 Å². The Morgan fingerprint density at radius 2 is 1.39 bits per heavy atom. The number of imidazole rings is 1. The molecule has 284 valence electrons. The first-order chi connectivity index (χ1) is 25.8. The van der Waals surface area contributed by atoms with Gasteiger partial charge < -0.3 is 34.5 Å². The van der Waals surface area contributed by atoms with Gasteiger partial charge in [0.1, 0.15) is 34.9 Å². The van der Waals surface area contributed by atoms with Crippen LogP contribution in [-0.4, -0.2) is 80.2 Å². The van der Waals surface area contributed by atoms with E-state index in [9.17, 15) is 19.8 Å². The first-order valence-electron chi connectivity index (χ1n) is 17.7. The van der Waals surface area contributed by atoms with Crippen LogP contribution in [0.3, 0.4) is 0 Å². The second-order valence-corrected chi connectivity index (χ2v) is 14.0. The quantitative estimate of drug-likeness (QED) is 0.119. The van der Waals surface area contributed by atoms with Gasteiger partial charge in [0.25, 0.3) is 0 Å². The van der Waals surface area contributed by atoms with Crippen molar-refractivity contribution in [3.8, 4) is 11.5 Å². The average molecular weight is 739 g/mol. The molecule has 4 atom stereocenters. The van der Waals surface area contributed by atoms with Crippen LogP contribution in [0.15, 0.2) is 85.2 Å². The van der Waals surface area contributed by atoms with Gasteiger partial charge in [-0.25, -0.2) is 4.98 Å².